The smallest absolute Gasteiger partial charge is 0.191 e. The van der Waals surface area contributed by atoms with Crippen molar-refractivity contribution >= 4 is 5.96 Å². The molecule has 7 nitrogen and oxygen atoms in total. The third kappa shape index (κ3) is 10.9. The second-order valence-electron chi connectivity index (χ2n) is 6.86. The molecule has 0 aliphatic rings. The fraction of sp³-hybridized carbons (Fsp3) is 0.682. The number of ether oxygens (including phenoxy) is 3. The van der Waals surface area contributed by atoms with Crippen LogP contribution >= 0.6 is 0 Å². The molecule has 166 valence electrons. The van der Waals surface area contributed by atoms with E-state index >= 15 is 0 Å². The Morgan fingerprint density at radius 2 is 1.90 bits per heavy atom. The van der Waals surface area contributed by atoms with E-state index in [9.17, 15) is 0 Å². The van der Waals surface area contributed by atoms with Crippen LogP contribution in [0.4, 0.5) is 0 Å². The van der Waals surface area contributed by atoms with Crippen molar-refractivity contribution in [2.24, 2.45) is 4.99 Å². The van der Waals surface area contributed by atoms with Crippen molar-refractivity contribution in [1.82, 2.24) is 15.5 Å². The van der Waals surface area contributed by atoms with Gasteiger partial charge in [0.05, 0.1) is 13.7 Å². The van der Waals surface area contributed by atoms with Crippen LogP contribution in [0.5, 0.6) is 11.5 Å². The summed E-state index contributed by atoms with van der Waals surface area (Å²) in [5, 5.41) is 6.72. The third-order valence-electron chi connectivity index (χ3n) is 4.44. The van der Waals surface area contributed by atoms with E-state index < -0.39 is 0 Å². The number of nitrogens with zero attached hydrogens (tertiary/aromatic N) is 2. The second kappa shape index (κ2) is 15.9. The van der Waals surface area contributed by atoms with Crippen LogP contribution < -0.4 is 20.1 Å². The zero-order valence-corrected chi connectivity index (χ0v) is 18.9. The molecule has 0 aliphatic carbocycles. The van der Waals surface area contributed by atoms with Gasteiger partial charge in [-0.3, -0.25) is 4.99 Å². The summed E-state index contributed by atoms with van der Waals surface area (Å²) < 4.78 is 16.1. The first-order chi connectivity index (χ1) is 14.1. The molecule has 0 bridgehead atoms. The lowest BCUT2D eigenvalue weighted by atomic mass is 10.1. The molecule has 0 spiro atoms. The molecule has 7 heteroatoms. The lowest BCUT2D eigenvalue weighted by Gasteiger charge is -2.18. The van der Waals surface area contributed by atoms with E-state index in [-0.39, 0.29) is 0 Å². The molecule has 0 radical (unpaired) electrons. The van der Waals surface area contributed by atoms with Gasteiger partial charge < -0.3 is 29.7 Å². The maximum Gasteiger partial charge on any atom is 0.191 e. The van der Waals surface area contributed by atoms with Crippen LogP contribution in [0.3, 0.4) is 0 Å². The molecule has 1 aromatic rings. The summed E-state index contributed by atoms with van der Waals surface area (Å²) in [6, 6.07) is 6.13. The summed E-state index contributed by atoms with van der Waals surface area (Å²) in [5.41, 5.74) is 1.24. The molecule has 0 saturated heterocycles. The number of aryl methyl sites for hydroxylation is 1. The van der Waals surface area contributed by atoms with E-state index in [1.54, 1.807) is 14.2 Å². The molecule has 0 heterocycles. The van der Waals surface area contributed by atoms with Gasteiger partial charge in [-0.1, -0.05) is 6.07 Å². The molecule has 0 unspecified atom stereocenters. The monoisotopic (exact) mass is 408 g/mol. The molecule has 2 N–H and O–H groups in total. The Bertz CT molecular complexity index is 581. The van der Waals surface area contributed by atoms with Crippen molar-refractivity contribution < 1.29 is 14.2 Å². The van der Waals surface area contributed by atoms with Gasteiger partial charge in [-0.05, 0) is 57.9 Å². The first kappa shape index (κ1) is 25.0. The molecule has 29 heavy (non-hydrogen) atoms. The standard InChI is InChI=1S/C22H40N4O3/c1-6-23-22(25-14-16-26(3)15-9-17-27-4)24-13-8-10-19-11-12-20(28-5)21(18-19)29-7-2/h11-12,18H,6-10,13-17H2,1-5H3,(H2,23,24,25). The Kier molecular flexibility index (Phi) is 13.7. The molecule has 0 amide bonds. The minimum Gasteiger partial charge on any atom is -0.493 e. The summed E-state index contributed by atoms with van der Waals surface area (Å²) in [6.45, 7) is 10.0. The SMILES string of the molecule is CCNC(=NCCCc1ccc(OC)c(OCC)c1)NCCN(C)CCCOC. The van der Waals surface area contributed by atoms with Crippen LogP contribution in [-0.4, -0.2) is 78.1 Å². The van der Waals surface area contributed by atoms with Gasteiger partial charge in [-0.15, -0.1) is 0 Å². The number of methoxy groups -OCH3 is 2. The van der Waals surface area contributed by atoms with Gasteiger partial charge in [-0.2, -0.15) is 0 Å². The number of guanidine groups is 1. The Morgan fingerprint density at radius 1 is 1.07 bits per heavy atom. The summed E-state index contributed by atoms with van der Waals surface area (Å²) in [5.74, 6) is 2.46. The highest BCUT2D eigenvalue weighted by molar-refractivity contribution is 5.79. The summed E-state index contributed by atoms with van der Waals surface area (Å²) in [7, 11) is 5.54. The van der Waals surface area contributed by atoms with Gasteiger partial charge in [0.1, 0.15) is 0 Å². The van der Waals surface area contributed by atoms with Crippen molar-refractivity contribution in [3.8, 4) is 11.5 Å². The van der Waals surface area contributed by atoms with E-state index in [0.717, 1.165) is 76.1 Å². The molecule has 0 aromatic heterocycles. The number of hydrogen-bond acceptors (Lipinski definition) is 5. The van der Waals surface area contributed by atoms with Crippen LogP contribution in [0, 0.1) is 0 Å². The molecule has 0 saturated carbocycles. The summed E-state index contributed by atoms with van der Waals surface area (Å²) in [6.07, 6.45) is 2.98. The van der Waals surface area contributed by atoms with Gasteiger partial charge in [0.25, 0.3) is 0 Å². The number of hydrogen-bond donors (Lipinski definition) is 2. The number of aliphatic imine (C=N–C) groups is 1. The Morgan fingerprint density at radius 3 is 2.59 bits per heavy atom. The third-order valence-corrected chi connectivity index (χ3v) is 4.44. The van der Waals surface area contributed by atoms with Crippen molar-refractivity contribution in [3.63, 3.8) is 0 Å². The second-order valence-corrected chi connectivity index (χ2v) is 6.86. The molecule has 0 fully saturated rings. The predicted molar refractivity (Wildman–Crippen MR) is 120 cm³/mol. The lowest BCUT2D eigenvalue weighted by molar-refractivity contribution is 0.180. The van der Waals surface area contributed by atoms with Crippen molar-refractivity contribution in [2.45, 2.75) is 33.1 Å². The van der Waals surface area contributed by atoms with Crippen molar-refractivity contribution in [1.29, 1.82) is 0 Å². The molecule has 0 atom stereocenters. The van der Waals surface area contributed by atoms with Crippen molar-refractivity contribution in [3.05, 3.63) is 23.8 Å². The normalized spacial score (nSPS) is 11.6. The van der Waals surface area contributed by atoms with E-state index in [1.807, 2.05) is 13.0 Å². The van der Waals surface area contributed by atoms with Crippen LogP contribution in [0.1, 0.15) is 32.3 Å². The van der Waals surface area contributed by atoms with Gasteiger partial charge in [0.2, 0.25) is 0 Å². The molecular formula is C22H40N4O3. The van der Waals surface area contributed by atoms with E-state index in [2.05, 4.69) is 41.6 Å². The molecular weight excluding hydrogens is 368 g/mol. The quantitative estimate of drug-likeness (QED) is 0.264. The maximum absolute atomic E-state index is 5.66. The summed E-state index contributed by atoms with van der Waals surface area (Å²) >= 11 is 0. The van der Waals surface area contributed by atoms with Crippen LogP contribution in [0.2, 0.25) is 0 Å². The minimum absolute atomic E-state index is 0.628. The average Bonchev–Trinajstić information content (AvgIpc) is 2.72. The topological polar surface area (TPSA) is 67.4 Å². The number of likely N-dealkylation sites (N-methyl/N-ethyl adjacent to an activating group) is 1. The molecule has 1 rings (SSSR count). The Hall–Kier alpha value is -1.99. The average molecular weight is 409 g/mol. The highest BCUT2D eigenvalue weighted by atomic mass is 16.5. The predicted octanol–water partition coefficient (Wildman–Crippen LogP) is 2.55. The number of benzene rings is 1. The number of rotatable bonds is 15. The molecule has 1 aromatic carbocycles. The lowest BCUT2D eigenvalue weighted by Crippen LogP contribution is -2.41. The first-order valence-corrected chi connectivity index (χ1v) is 10.6. The maximum atomic E-state index is 5.66. The fourth-order valence-electron chi connectivity index (χ4n) is 2.92. The molecule has 0 aliphatic heterocycles. The highest BCUT2D eigenvalue weighted by Crippen LogP contribution is 2.28. The highest BCUT2D eigenvalue weighted by Gasteiger charge is 2.05. The van der Waals surface area contributed by atoms with Gasteiger partial charge >= 0.3 is 0 Å². The van der Waals surface area contributed by atoms with Crippen LogP contribution in [0.25, 0.3) is 0 Å². The van der Waals surface area contributed by atoms with E-state index in [0.29, 0.717) is 6.61 Å². The first-order valence-electron chi connectivity index (χ1n) is 10.6. The van der Waals surface area contributed by atoms with Crippen molar-refractivity contribution in [2.75, 3.05) is 67.2 Å². The fourth-order valence-corrected chi connectivity index (χ4v) is 2.92. The Labute approximate surface area is 176 Å². The van der Waals surface area contributed by atoms with Gasteiger partial charge in [-0.25, -0.2) is 0 Å². The largest absolute Gasteiger partial charge is 0.493 e. The summed E-state index contributed by atoms with van der Waals surface area (Å²) in [4.78, 5) is 6.99. The van der Waals surface area contributed by atoms with Crippen LogP contribution in [0.15, 0.2) is 23.2 Å². The van der Waals surface area contributed by atoms with Gasteiger partial charge in [0, 0.05) is 46.4 Å². The zero-order chi connectivity index (χ0) is 21.3. The van der Waals surface area contributed by atoms with Crippen LogP contribution in [-0.2, 0) is 11.2 Å². The Balaban J connectivity index is 2.40. The minimum atomic E-state index is 0.628. The number of nitrogens with one attached hydrogen (secondary N) is 2. The van der Waals surface area contributed by atoms with E-state index in [4.69, 9.17) is 19.2 Å². The zero-order valence-electron chi connectivity index (χ0n) is 18.9. The van der Waals surface area contributed by atoms with Gasteiger partial charge in [0.15, 0.2) is 17.5 Å². The van der Waals surface area contributed by atoms with E-state index in [1.165, 1.54) is 5.56 Å².